The van der Waals surface area contributed by atoms with E-state index in [0.717, 1.165) is 19.0 Å². The molecule has 3 N–H and O–H groups in total. The largest absolute Gasteiger partial charge is 0.357 e. The molecule has 32 heavy (non-hydrogen) atoms. The Hall–Kier alpha value is -1.84. The fraction of sp³-hybridized carbons (Fsp3) is 0.417. The topological polar surface area (TPSA) is 68.8 Å². The Morgan fingerprint density at radius 2 is 1.62 bits per heavy atom. The van der Waals surface area contributed by atoms with E-state index in [4.69, 9.17) is 11.6 Å². The molecule has 0 unspecified atom stereocenters. The van der Waals surface area contributed by atoms with Crippen LogP contribution < -0.4 is 16.0 Å². The van der Waals surface area contributed by atoms with E-state index < -0.39 is 0 Å². The summed E-state index contributed by atoms with van der Waals surface area (Å²) in [6.45, 7) is 7.90. The molecular weight excluding hydrogens is 537 g/mol. The molecule has 174 valence electrons. The Balaban J connectivity index is 0.00000363. The molecule has 1 saturated heterocycles. The van der Waals surface area contributed by atoms with Gasteiger partial charge in [0, 0.05) is 26.2 Å². The monoisotopic (exact) mass is 569 g/mol. The van der Waals surface area contributed by atoms with Gasteiger partial charge in [0.2, 0.25) is 0 Å². The first kappa shape index (κ1) is 26.4. The van der Waals surface area contributed by atoms with Gasteiger partial charge in [-0.05, 0) is 56.1 Å². The molecule has 1 heterocycles. The minimum Gasteiger partial charge on any atom is -0.357 e. The highest BCUT2D eigenvalue weighted by Crippen LogP contribution is 2.15. The van der Waals surface area contributed by atoms with Crippen LogP contribution in [0.3, 0.4) is 0 Å². The highest BCUT2D eigenvalue weighted by molar-refractivity contribution is 14.0. The summed E-state index contributed by atoms with van der Waals surface area (Å²) >= 11 is 6.07. The number of amides is 1. The zero-order chi connectivity index (χ0) is 21.9. The molecule has 6 nitrogen and oxygen atoms in total. The molecule has 3 rings (SSSR count). The number of halogens is 2. The maximum absolute atomic E-state index is 12.2. The molecule has 1 fully saturated rings. The van der Waals surface area contributed by atoms with Gasteiger partial charge in [-0.2, -0.15) is 0 Å². The summed E-state index contributed by atoms with van der Waals surface area (Å²) in [6.07, 6.45) is 2.63. The van der Waals surface area contributed by atoms with Crippen LogP contribution in [-0.4, -0.2) is 49.5 Å². The van der Waals surface area contributed by atoms with Gasteiger partial charge in [-0.25, -0.2) is 4.99 Å². The first-order chi connectivity index (χ1) is 15.2. The van der Waals surface area contributed by atoms with Crippen LogP contribution in [0.2, 0.25) is 5.02 Å². The van der Waals surface area contributed by atoms with Crippen molar-refractivity contribution >= 4 is 47.4 Å². The average Bonchev–Trinajstić information content (AvgIpc) is 3.29. The molecule has 0 saturated carbocycles. The summed E-state index contributed by atoms with van der Waals surface area (Å²) in [5.74, 6) is 0.555. The second-order valence-electron chi connectivity index (χ2n) is 7.66. The zero-order valence-electron chi connectivity index (χ0n) is 18.6. The minimum atomic E-state index is -0.177. The van der Waals surface area contributed by atoms with Crippen LogP contribution in [0.15, 0.2) is 53.5 Å². The number of nitrogens with zero attached hydrogens (tertiary/aromatic N) is 2. The van der Waals surface area contributed by atoms with Crippen molar-refractivity contribution in [3.63, 3.8) is 0 Å². The lowest BCUT2D eigenvalue weighted by molar-refractivity contribution is 0.0954. The van der Waals surface area contributed by atoms with Crippen molar-refractivity contribution < 1.29 is 4.79 Å². The van der Waals surface area contributed by atoms with Crippen LogP contribution >= 0.6 is 35.6 Å². The lowest BCUT2D eigenvalue weighted by Crippen LogP contribution is -2.41. The van der Waals surface area contributed by atoms with E-state index in [1.54, 1.807) is 24.3 Å². The van der Waals surface area contributed by atoms with Crippen molar-refractivity contribution in [1.29, 1.82) is 0 Å². The van der Waals surface area contributed by atoms with Gasteiger partial charge in [-0.1, -0.05) is 48.0 Å². The highest BCUT2D eigenvalue weighted by Gasteiger charge is 2.11. The maximum Gasteiger partial charge on any atom is 0.252 e. The SMILES string of the molecule is CCNC(=NCc1ccc(CN2CCCC2)cc1)NCCNC(=O)c1ccccc1Cl.I. The Morgan fingerprint density at radius 1 is 0.969 bits per heavy atom. The number of hydrogen-bond donors (Lipinski definition) is 3. The Bertz CT molecular complexity index is 869. The minimum absolute atomic E-state index is 0. The number of nitrogens with one attached hydrogen (secondary N) is 3. The van der Waals surface area contributed by atoms with Gasteiger partial charge < -0.3 is 16.0 Å². The molecule has 0 aliphatic carbocycles. The number of rotatable bonds is 9. The normalized spacial score (nSPS) is 14.0. The first-order valence-corrected chi connectivity index (χ1v) is 11.4. The van der Waals surface area contributed by atoms with Gasteiger partial charge >= 0.3 is 0 Å². The van der Waals surface area contributed by atoms with Gasteiger partial charge in [0.1, 0.15) is 0 Å². The maximum atomic E-state index is 12.2. The predicted molar refractivity (Wildman–Crippen MR) is 143 cm³/mol. The number of aliphatic imine (C=N–C) groups is 1. The fourth-order valence-corrected chi connectivity index (χ4v) is 3.78. The lowest BCUT2D eigenvalue weighted by atomic mass is 10.1. The van der Waals surface area contributed by atoms with Crippen LogP contribution in [-0.2, 0) is 13.1 Å². The van der Waals surface area contributed by atoms with E-state index in [-0.39, 0.29) is 29.9 Å². The van der Waals surface area contributed by atoms with E-state index in [1.807, 2.05) is 6.92 Å². The molecule has 1 aliphatic heterocycles. The molecule has 2 aromatic rings. The third kappa shape index (κ3) is 8.60. The standard InChI is InChI=1S/C24H32ClN5O.HI/c1-2-26-24(28-14-13-27-23(31)21-7-3-4-8-22(21)25)29-17-19-9-11-20(12-10-19)18-30-15-5-6-16-30;/h3-4,7-12H,2,5-6,13-18H2,1H3,(H,27,31)(H2,26,28,29);1H. The van der Waals surface area contributed by atoms with Gasteiger partial charge in [0.25, 0.3) is 5.91 Å². The average molecular weight is 570 g/mol. The molecule has 0 bridgehead atoms. The smallest absolute Gasteiger partial charge is 0.252 e. The third-order valence-corrected chi connectivity index (χ3v) is 5.54. The lowest BCUT2D eigenvalue weighted by Gasteiger charge is -2.14. The number of benzene rings is 2. The number of guanidine groups is 1. The van der Waals surface area contributed by atoms with Gasteiger partial charge in [0.15, 0.2) is 5.96 Å². The highest BCUT2D eigenvalue weighted by atomic mass is 127. The van der Waals surface area contributed by atoms with Crippen molar-refractivity contribution in [3.8, 4) is 0 Å². The van der Waals surface area contributed by atoms with Crippen molar-refractivity contribution in [2.75, 3.05) is 32.7 Å². The van der Waals surface area contributed by atoms with E-state index in [2.05, 4.69) is 50.1 Å². The first-order valence-electron chi connectivity index (χ1n) is 11.0. The molecule has 0 aromatic heterocycles. The van der Waals surface area contributed by atoms with Gasteiger partial charge in [-0.15, -0.1) is 24.0 Å². The molecule has 0 radical (unpaired) electrons. The van der Waals surface area contributed by atoms with E-state index in [9.17, 15) is 4.79 Å². The quantitative estimate of drug-likeness (QED) is 0.185. The van der Waals surface area contributed by atoms with Crippen molar-refractivity contribution in [2.24, 2.45) is 4.99 Å². The van der Waals surface area contributed by atoms with Crippen LogP contribution in [0.25, 0.3) is 0 Å². The summed E-state index contributed by atoms with van der Waals surface area (Å²) in [4.78, 5) is 19.4. The number of likely N-dealkylation sites (tertiary alicyclic amines) is 1. The molecule has 0 atom stereocenters. The van der Waals surface area contributed by atoms with Crippen LogP contribution in [0.5, 0.6) is 0 Å². The molecule has 1 aliphatic rings. The van der Waals surface area contributed by atoms with Gasteiger partial charge in [-0.3, -0.25) is 9.69 Å². The molecule has 8 heteroatoms. The summed E-state index contributed by atoms with van der Waals surface area (Å²) in [5, 5.41) is 9.82. The molecule has 0 spiro atoms. The number of carbonyl (C=O) groups excluding carboxylic acids is 1. The van der Waals surface area contributed by atoms with E-state index in [0.29, 0.717) is 30.2 Å². The number of carbonyl (C=O) groups is 1. The van der Waals surface area contributed by atoms with Crippen LogP contribution in [0.1, 0.15) is 41.3 Å². The van der Waals surface area contributed by atoms with E-state index >= 15 is 0 Å². The summed E-state index contributed by atoms with van der Waals surface area (Å²) in [6, 6.07) is 15.7. The molecular formula is C24H33ClIN5O. The van der Waals surface area contributed by atoms with Crippen LogP contribution in [0.4, 0.5) is 0 Å². The Labute approximate surface area is 213 Å². The fourth-order valence-electron chi connectivity index (χ4n) is 3.56. The zero-order valence-corrected chi connectivity index (χ0v) is 21.7. The number of hydrogen-bond acceptors (Lipinski definition) is 3. The summed E-state index contributed by atoms with van der Waals surface area (Å²) in [7, 11) is 0. The Morgan fingerprint density at radius 3 is 2.31 bits per heavy atom. The van der Waals surface area contributed by atoms with Crippen LogP contribution in [0, 0.1) is 0 Å². The second kappa shape index (κ2) is 14.3. The molecule has 2 aromatic carbocycles. The van der Waals surface area contributed by atoms with Gasteiger partial charge in [0.05, 0.1) is 17.1 Å². The van der Waals surface area contributed by atoms with Crippen molar-refractivity contribution in [3.05, 3.63) is 70.2 Å². The molecule has 1 amide bonds. The Kier molecular flexibility index (Phi) is 11.8. The summed E-state index contributed by atoms with van der Waals surface area (Å²) < 4.78 is 0. The second-order valence-corrected chi connectivity index (χ2v) is 8.06. The summed E-state index contributed by atoms with van der Waals surface area (Å²) in [5.41, 5.74) is 3.02. The predicted octanol–water partition coefficient (Wildman–Crippen LogP) is 4.04. The third-order valence-electron chi connectivity index (χ3n) is 5.21. The van der Waals surface area contributed by atoms with Crippen molar-refractivity contribution in [2.45, 2.75) is 32.9 Å². The van der Waals surface area contributed by atoms with Crippen molar-refractivity contribution in [1.82, 2.24) is 20.9 Å². The van der Waals surface area contributed by atoms with E-state index in [1.165, 1.54) is 37.1 Å².